The summed E-state index contributed by atoms with van der Waals surface area (Å²) in [6.07, 6.45) is 11.0. The third kappa shape index (κ3) is 3.78. The van der Waals surface area contributed by atoms with E-state index in [0.29, 0.717) is 12.8 Å². The van der Waals surface area contributed by atoms with Gasteiger partial charge in [-0.05, 0) is 93.6 Å². The maximum atomic E-state index is 13.2. The van der Waals surface area contributed by atoms with Crippen LogP contribution in [0.1, 0.15) is 79.6 Å². The van der Waals surface area contributed by atoms with E-state index in [2.05, 4.69) is 26.8 Å². The Bertz CT molecular complexity index is 840. The molecule has 9 atom stereocenters. The van der Waals surface area contributed by atoms with E-state index < -0.39 is 17.3 Å². The molecule has 4 N–H and O–H groups in total. The van der Waals surface area contributed by atoms with Gasteiger partial charge in [-0.3, -0.25) is 4.79 Å². The van der Waals surface area contributed by atoms with Crippen LogP contribution in [0.25, 0.3) is 0 Å². The predicted octanol–water partition coefficient (Wildman–Crippen LogP) is 3.79. The van der Waals surface area contributed by atoms with Gasteiger partial charge in [0.25, 0.3) is 0 Å². The molecule has 5 nitrogen and oxygen atoms in total. The average molecular weight is 461 g/mol. The number of carbonyl (C=O) groups excluding carboxylic acids is 1. The largest absolute Gasteiger partial charge is 0.396 e. The van der Waals surface area contributed by atoms with Crippen molar-refractivity contribution < 1.29 is 25.2 Å². The van der Waals surface area contributed by atoms with E-state index in [0.717, 1.165) is 37.7 Å². The molecule has 3 fully saturated rings. The predicted molar refractivity (Wildman–Crippen MR) is 128 cm³/mol. The van der Waals surface area contributed by atoms with Crippen molar-refractivity contribution in [3.63, 3.8) is 0 Å². The molecule has 0 saturated heterocycles. The Morgan fingerprint density at radius 3 is 2.45 bits per heavy atom. The van der Waals surface area contributed by atoms with Crippen molar-refractivity contribution in [3.05, 3.63) is 23.8 Å². The smallest absolute Gasteiger partial charge is 0.159 e. The second kappa shape index (κ2) is 8.29. The molecule has 9 unspecified atom stereocenters. The summed E-state index contributed by atoms with van der Waals surface area (Å²) in [5.41, 5.74) is -1.51. The van der Waals surface area contributed by atoms with Gasteiger partial charge in [0.2, 0.25) is 0 Å². The van der Waals surface area contributed by atoms with Crippen molar-refractivity contribution in [1.29, 1.82) is 0 Å². The van der Waals surface area contributed by atoms with E-state index in [1.165, 1.54) is 0 Å². The quantitative estimate of drug-likeness (QED) is 0.468. The first kappa shape index (κ1) is 25.1. The Kier molecular flexibility index (Phi) is 6.30. The summed E-state index contributed by atoms with van der Waals surface area (Å²) < 4.78 is 0. The molecular weight excluding hydrogens is 416 g/mol. The molecule has 0 heterocycles. The summed E-state index contributed by atoms with van der Waals surface area (Å²) in [6, 6.07) is 0. The lowest BCUT2D eigenvalue weighted by molar-refractivity contribution is -0.140. The molecule has 0 radical (unpaired) electrons. The van der Waals surface area contributed by atoms with Crippen LogP contribution < -0.4 is 0 Å². The number of ketones is 1. The molecule has 186 valence electrons. The fraction of sp³-hybridized carbons (Fsp3) is 0.821. The molecule has 0 spiro atoms. The number of fused-ring (bicyclic) bond motifs is 5. The lowest BCUT2D eigenvalue weighted by Crippen LogP contribution is -2.59. The lowest BCUT2D eigenvalue weighted by Gasteiger charge is -2.59. The summed E-state index contributed by atoms with van der Waals surface area (Å²) in [6.45, 7) is 9.91. The zero-order chi connectivity index (χ0) is 24.4. The Morgan fingerprint density at radius 2 is 1.82 bits per heavy atom. The molecule has 0 aromatic rings. The van der Waals surface area contributed by atoms with Crippen LogP contribution in [0.3, 0.4) is 0 Å². The maximum absolute atomic E-state index is 13.2. The second-order valence-electron chi connectivity index (χ2n) is 12.7. The first-order chi connectivity index (χ1) is 15.3. The van der Waals surface area contributed by atoms with Crippen molar-refractivity contribution in [2.24, 2.45) is 40.4 Å². The minimum atomic E-state index is -0.990. The number of carbonyl (C=O) groups is 1. The first-order valence-electron chi connectivity index (χ1n) is 13.0. The zero-order valence-electron chi connectivity index (χ0n) is 21.1. The maximum Gasteiger partial charge on any atom is 0.159 e. The molecule has 0 amide bonds. The summed E-state index contributed by atoms with van der Waals surface area (Å²) >= 11 is 0. The molecular formula is C28H44O5. The summed E-state index contributed by atoms with van der Waals surface area (Å²) in [5.74, 6) is 0.262. The fourth-order valence-corrected chi connectivity index (χ4v) is 8.16. The van der Waals surface area contributed by atoms with Crippen LogP contribution in [0.5, 0.6) is 0 Å². The van der Waals surface area contributed by atoms with Crippen molar-refractivity contribution in [1.82, 2.24) is 0 Å². The van der Waals surface area contributed by atoms with Crippen LogP contribution in [0.2, 0.25) is 0 Å². The molecule has 33 heavy (non-hydrogen) atoms. The van der Waals surface area contributed by atoms with Gasteiger partial charge in [0.15, 0.2) is 5.78 Å². The summed E-state index contributed by atoms with van der Waals surface area (Å²) in [5, 5.41) is 42.5. The van der Waals surface area contributed by atoms with Crippen molar-refractivity contribution in [2.45, 2.75) is 96.9 Å². The van der Waals surface area contributed by atoms with E-state index >= 15 is 0 Å². The number of aliphatic hydroxyl groups excluding tert-OH is 2. The molecule has 5 heteroatoms. The van der Waals surface area contributed by atoms with E-state index in [1.54, 1.807) is 19.9 Å². The highest BCUT2D eigenvalue weighted by molar-refractivity contribution is 5.95. The Labute approximate surface area is 199 Å². The van der Waals surface area contributed by atoms with Gasteiger partial charge in [0.05, 0.1) is 23.9 Å². The van der Waals surface area contributed by atoms with Gasteiger partial charge in [-0.15, -0.1) is 0 Å². The van der Waals surface area contributed by atoms with Gasteiger partial charge >= 0.3 is 0 Å². The molecule has 0 bridgehead atoms. The Hall–Kier alpha value is -1.01. The number of hydrogen-bond donors (Lipinski definition) is 4. The van der Waals surface area contributed by atoms with Crippen LogP contribution in [-0.4, -0.2) is 50.1 Å². The topological polar surface area (TPSA) is 98.0 Å². The van der Waals surface area contributed by atoms with Crippen molar-refractivity contribution in [3.8, 4) is 0 Å². The van der Waals surface area contributed by atoms with Crippen LogP contribution in [0, 0.1) is 40.4 Å². The Balaban J connectivity index is 1.63. The van der Waals surface area contributed by atoms with Gasteiger partial charge in [-0.25, -0.2) is 0 Å². The SMILES string of the molecule is CC(C=CC(CO)C(C)(C)O)C1CCC2(O)C3=CC(=O)C4CC(O)CCC4(C)C3CCC12C. The highest BCUT2D eigenvalue weighted by Crippen LogP contribution is 2.68. The van der Waals surface area contributed by atoms with E-state index in [1.807, 2.05) is 6.08 Å². The van der Waals surface area contributed by atoms with E-state index in [-0.39, 0.29) is 52.8 Å². The van der Waals surface area contributed by atoms with Crippen LogP contribution in [-0.2, 0) is 4.79 Å². The standard InChI is InChI=1S/C28H44O5/c1-17(6-7-18(16-29)25(2,3)32)20-10-13-28(33)22-15-24(31)23-14-19(30)8-11-26(23,4)21(22)9-12-27(20,28)5/h6-7,15,17-21,23,29-30,32-33H,8-14,16H2,1-5H3. The number of aliphatic hydroxyl groups is 4. The van der Waals surface area contributed by atoms with E-state index in [4.69, 9.17) is 0 Å². The summed E-state index contributed by atoms with van der Waals surface area (Å²) in [7, 11) is 0. The minimum Gasteiger partial charge on any atom is -0.396 e. The van der Waals surface area contributed by atoms with Gasteiger partial charge in [-0.2, -0.15) is 0 Å². The molecule has 0 aliphatic heterocycles. The second-order valence-corrected chi connectivity index (χ2v) is 12.7. The van der Waals surface area contributed by atoms with Crippen LogP contribution >= 0.6 is 0 Å². The van der Waals surface area contributed by atoms with Gasteiger partial charge in [0.1, 0.15) is 0 Å². The lowest BCUT2D eigenvalue weighted by atomic mass is 9.46. The first-order valence-corrected chi connectivity index (χ1v) is 13.0. The van der Waals surface area contributed by atoms with E-state index in [9.17, 15) is 25.2 Å². The van der Waals surface area contributed by atoms with Crippen LogP contribution in [0.15, 0.2) is 23.8 Å². The average Bonchev–Trinajstić information content (AvgIpc) is 3.00. The molecule has 0 aromatic heterocycles. The highest BCUT2D eigenvalue weighted by Gasteiger charge is 2.66. The molecule has 4 aliphatic carbocycles. The molecule has 4 aliphatic rings. The normalized spacial score (nSPS) is 45.2. The monoisotopic (exact) mass is 460 g/mol. The van der Waals surface area contributed by atoms with Gasteiger partial charge in [-0.1, -0.05) is 32.9 Å². The third-order valence-electron chi connectivity index (χ3n) is 10.5. The van der Waals surface area contributed by atoms with Gasteiger partial charge < -0.3 is 20.4 Å². The third-order valence-corrected chi connectivity index (χ3v) is 10.5. The number of hydrogen-bond acceptors (Lipinski definition) is 5. The van der Waals surface area contributed by atoms with Gasteiger partial charge in [0, 0.05) is 17.3 Å². The molecule has 0 aromatic carbocycles. The van der Waals surface area contributed by atoms with Crippen molar-refractivity contribution in [2.75, 3.05) is 6.61 Å². The van der Waals surface area contributed by atoms with Crippen molar-refractivity contribution >= 4 is 5.78 Å². The highest BCUT2D eigenvalue weighted by atomic mass is 16.3. The molecule has 3 saturated carbocycles. The zero-order valence-corrected chi connectivity index (χ0v) is 21.1. The fourth-order valence-electron chi connectivity index (χ4n) is 8.16. The minimum absolute atomic E-state index is 0.0903. The Morgan fingerprint density at radius 1 is 1.12 bits per heavy atom. The number of rotatable bonds is 5. The summed E-state index contributed by atoms with van der Waals surface area (Å²) in [4.78, 5) is 13.2. The number of allylic oxidation sites excluding steroid dienone is 2. The molecule has 4 rings (SSSR count). The van der Waals surface area contributed by atoms with Crippen LogP contribution in [0.4, 0.5) is 0 Å².